The number of ether oxygens (including phenoxy) is 1. The maximum atomic E-state index is 12.9. The molecule has 0 aromatic heterocycles. The highest BCUT2D eigenvalue weighted by Gasteiger charge is 2.12. The summed E-state index contributed by atoms with van der Waals surface area (Å²) < 4.78 is 17.4. The van der Waals surface area contributed by atoms with Crippen LogP contribution in [0.1, 0.15) is 13.3 Å². The molecule has 0 saturated carbocycles. The molecule has 1 aromatic carbocycles. The first-order valence-corrected chi connectivity index (χ1v) is 5.89. The van der Waals surface area contributed by atoms with Crippen LogP contribution in [0.4, 0.5) is 14.9 Å². The van der Waals surface area contributed by atoms with Crippen LogP contribution in [0, 0.1) is 5.82 Å². The van der Waals surface area contributed by atoms with Crippen molar-refractivity contribution in [2.45, 2.75) is 19.4 Å². The number of nitrogens with one attached hydrogen (secondary N) is 2. The maximum Gasteiger partial charge on any atom is 0.319 e. The van der Waals surface area contributed by atoms with Gasteiger partial charge in [0.1, 0.15) is 5.82 Å². The summed E-state index contributed by atoms with van der Waals surface area (Å²) in [5, 5.41) is 4.94. The zero-order valence-electron chi connectivity index (χ0n) is 10.5. The number of urea groups is 1. The van der Waals surface area contributed by atoms with Crippen LogP contribution in [0.3, 0.4) is 0 Å². The number of esters is 1. The first-order chi connectivity index (χ1) is 8.92. The van der Waals surface area contributed by atoms with Gasteiger partial charge in [-0.1, -0.05) is 11.6 Å². The highest BCUT2D eigenvalue weighted by molar-refractivity contribution is 6.31. The lowest BCUT2D eigenvalue weighted by Crippen LogP contribution is -2.37. The average molecular weight is 289 g/mol. The van der Waals surface area contributed by atoms with E-state index in [1.54, 1.807) is 6.92 Å². The van der Waals surface area contributed by atoms with E-state index in [1.807, 2.05) is 0 Å². The van der Waals surface area contributed by atoms with Crippen molar-refractivity contribution in [2.75, 3.05) is 12.4 Å². The number of halogens is 2. The normalized spacial score (nSPS) is 11.6. The minimum absolute atomic E-state index is 0.0636. The van der Waals surface area contributed by atoms with Crippen molar-refractivity contribution in [2.24, 2.45) is 0 Å². The number of hydrogen-bond acceptors (Lipinski definition) is 3. The van der Waals surface area contributed by atoms with E-state index in [-0.39, 0.29) is 17.5 Å². The molecule has 0 fully saturated rings. The van der Waals surface area contributed by atoms with Crippen LogP contribution in [-0.4, -0.2) is 25.2 Å². The second-order valence-corrected chi connectivity index (χ2v) is 4.32. The lowest BCUT2D eigenvalue weighted by Gasteiger charge is -2.13. The van der Waals surface area contributed by atoms with Gasteiger partial charge in [0.05, 0.1) is 18.6 Å². The van der Waals surface area contributed by atoms with Crippen molar-refractivity contribution in [1.82, 2.24) is 5.32 Å². The van der Waals surface area contributed by atoms with E-state index in [4.69, 9.17) is 11.6 Å². The van der Waals surface area contributed by atoms with E-state index >= 15 is 0 Å². The van der Waals surface area contributed by atoms with Crippen LogP contribution in [0.2, 0.25) is 5.02 Å². The van der Waals surface area contributed by atoms with Gasteiger partial charge in [0.2, 0.25) is 0 Å². The molecule has 0 heterocycles. The van der Waals surface area contributed by atoms with Crippen LogP contribution in [0.15, 0.2) is 18.2 Å². The van der Waals surface area contributed by atoms with Crippen molar-refractivity contribution >= 4 is 29.3 Å². The Labute approximate surface area is 115 Å². The number of methoxy groups -OCH3 is 1. The number of anilines is 1. The Hall–Kier alpha value is -1.82. The summed E-state index contributed by atoms with van der Waals surface area (Å²) in [5.74, 6) is -0.982. The van der Waals surface area contributed by atoms with Crippen molar-refractivity contribution in [1.29, 1.82) is 0 Å². The van der Waals surface area contributed by atoms with E-state index in [0.717, 1.165) is 6.07 Å². The Morgan fingerprint density at radius 3 is 2.74 bits per heavy atom. The first-order valence-electron chi connectivity index (χ1n) is 5.51. The second kappa shape index (κ2) is 6.94. The van der Waals surface area contributed by atoms with Gasteiger partial charge in [0.25, 0.3) is 0 Å². The highest BCUT2D eigenvalue weighted by atomic mass is 35.5. The van der Waals surface area contributed by atoms with Gasteiger partial charge in [-0.05, 0) is 25.1 Å². The van der Waals surface area contributed by atoms with Crippen molar-refractivity contribution < 1.29 is 18.7 Å². The number of carbonyl (C=O) groups is 2. The van der Waals surface area contributed by atoms with E-state index in [2.05, 4.69) is 15.4 Å². The molecular formula is C12H14ClFN2O3. The Bertz CT molecular complexity index is 482. The molecule has 0 radical (unpaired) electrons. The molecule has 2 amide bonds. The molecule has 5 nitrogen and oxygen atoms in total. The molecular weight excluding hydrogens is 275 g/mol. The van der Waals surface area contributed by atoms with E-state index in [0.29, 0.717) is 5.69 Å². The smallest absolute Gasteiger partial charge is 0.319 e. The fourth-order valence-electron chi connectivity index (χ4n) is 1.35. The highest BCUT2D eigenvalue weighted by Crippen LogP contribution is 2.19. The quantitative estimate of drug-likeness (QED) is 0.837. The van der Waals surface area contributed by atoms with Gasteiger partial charge in [-0.15, -0.1) is 0 Å². The summed E-state index contributed by atoms with van der Waals surface area (Å²) >= 11 is 5.58. The third-order valence-corrected chi connectivity index (χ3v) is 2.55. The van der Waals surface area contributed by atoms with Gasteiger partial charge >= 0.3 is 12.0 Å². The number of rotatable bonds is 4. The SMILES string of the molecule is COC(=O)C[C@@H](C)NC(=O)Nc1ccc(F)c(Cl)c1. The van der Waals surface area contributed by atoms with Crippen LogP contribution >= 0.6 is 11.6 Å². The third kappa shape index (κ3) is 5.13. The van der Waals surface area contributed by atoms with E-state index < -0.39 is 17.8 Å². The molecule has 104 valence electrons. The molecule has 1 rings (SSSR count). The zero-order valence-corrected chi connectivity index (χ0v) is 11.3. The van der Waals surface area contributed by atoms with Crippen molar-refractivity contribution in [3.05, 3.63) is 29.0 Å². The number of amides is 2. The molecule has 0 unspecified atom stereocenters. The third-order valence-electron chi connectivity index (χ3n) is 2.26. The number of benzene rings is 1. The van der Waals surface area contributed by atoms with Gasteiger partial charge in [-0.3, -0.25) is 4.79 Å². The molecule has 2 N–H and O–H groups in total. The Morgan fingerprint density at radius 1 is 1.47 bits per heavy atom. The topological polar surface area (TPSA) is 67.4 Å². The molecule has 0 saturated heterocycles. The molecule has 1 atom stereocenters. The Balaban J connectivity index is 2.50. The summed E-state index contributed by atoms with van der Waals surface area (Å²) in [5.41, 5.74) is 0.356. The maximum absolute atomic E-state index is 12.9. The molecule has 7 heteroatoms. The van der Waals surface area contributed by atoms with Gasteiger partial charge in [0.15, 0.2) is 0 Å². The minimum Gasteiger partial charge on any atom is -0.469 e. The number of carbonyl (C=O) groups excluding carboxylic acids is 2. The Morgan fingerprint density at radius 2 is 2.16 bits per heavy atom. The Kier molecular flexibility index (Phi) is 5.57. The average Bonchev–Trinajstić information content (AvgIpc) is 2.33. The second-order valence-electron chi connectivity index (χ2n) is 3.91. The van der Waals surface area contributed by atoms with Gasteiger partial charge < -0.3 is 15.4 Å². The number of hydrogen-bond donors (Lipinski definition) is 2. The van der Waals surface area contributed by atoms with Crippen LogP contribution < -0.4 is 10.6 Å². The van der Waals surface area contributed by atoms with E-state index in [9.17, 15) is 14.0 Å². The molecule has 19 heavy (non-hydrogen) atoms. The summed E-state index contributed by atoms with van der Waals surface area (Å²) in [6.07, 6.45) is 0.0636. The standard InChI is InChI=1S/C12H14ClFN2O3/c1-7(5-11(17)19-2)15-12(18)16-8-3-4-10(14)9(13)6-8/h3-4,6-7H,5H2,1-2H3,(H2,15,16,18)/t7-/m1/s1. The van der Waals surface area contributed by atoms with Gasteiger partial charge in [-0.2, -0.15) is 0 Å². The monoisotopic (exact) mass is 288 g/mol. The predicted octanol–water partition coefficient (Wildman–Crippen LogP) is 2.55. The summed E-state index contributed by atoms with van der Waals surface area (Å²) in [6.45, 7) is 1.66. The van der Waals surface area contributed by atoms with Crippen LogP contribution in [0.5, 0.6) is 0 Å². The summed E-state index contributed by atoms with van der Waals surface area (Å²) in [4.78, 5) is 22.6. The van der Waals surface area contributed by atoms with Crippen molar-refractivity contribution in [3.8, 4) is 0 Å². The predicted molar refractivity (Wildman–Crippen MR) is 69.7 cm³/mol. The molecule has 0 spiro atoms. The summed E-state index contributed by atoms with van der Waals surface area (Å²) in [7, 11) is 1.27. The largest absolute Gasteiger partial charge is 0.469 e. The molecule has 0 bridgehead atoms. The fourth-order valence-corrected chi connectivity index (χ4v) is 1.53. The van der Waals surface area contributed by atoms with Crippen molar-refractivity contribution in [3.63, 3.8) is 0 Å². The van der Waals surface area contributed by atoms with Gasteiger partial charge in [0, 0.05) is 11.7 Å². The molecule has 1 aromatic rings. The lowest BCUT2D eigenvalue weighted by atomic mass is 10.2. The first kappa shape index (κ1) is 15.2. The lowest BCUT2D eigenvalue weighted by molar-refractivity contribution is -0.141. The molecule has 0 aliphatic heterocycles. The molecule has 0 aliphatic carbocycles. The fraction of sp³-hybridized carbons (Fsp3) is 0.333. The minimum atomic E-state index is -0.563. The van der Waals surface area contributed by atoms with Gasteiger partial charge in [-0.25, -0.2) is 9.18 Å². The summed E-state index contributed by atoms with van der Waals surface area (Å²) in [6, 6.07) is 2.92. The van der Waals surface area contributed by atoms with E-state index in [1.165, 1.54) is 19.2 Å². The van der Waals surface area contributed by atoms with Crippen LogP contribution in [0.25, 0.3) is 0 Å². The zero-order chi connectivity index (χ0) is 14.4. The molecule has 0 aliphatic rings. The van der Waals surface area contributed by atoms with Crippen LogP contribution in [-0.2, 0) is 9.53 Å².